The molecule has 0 spiro atoms. The number of carbonyl (C=O) groups excluding carboxylic acids is 3. The van der Waals surface area contributed by atoms with Crippen LogP contribution in [0.4, 0.5) is 11.4 Å². The van der Waals surface area contributed by atoms with E-state index in [0.29, 0.717) is 17.0 Å². The molecule has 0 unspecified atom stereocenters. The molecule has 8 heteroatoms. The SMILES string of the molecule is CC(=O)c1cccc(NC(=O)CN2C(=O)C(C)(C)Oc3ccc(C(=O)O)cc32)c1. The number of anilines is 2. The molecule has 1 aliphatic rings. The van der Waals surface area contributed by atoms with E-state index in [1.807, 2.05) is 0 Å². The van der Waals surface area contributed by atoms with Crippen molar-refractivity contribution in [3.05, 3.63) is 53.6 Å². The molecule has 2 aromatic rings. The summed E-state index contributed by atoms with van der Waals surface area (Å²) < 4.78 is 5.69. The number of ketones is 1. The van der Waals surface area contributed by atoms with Gasteiger partial charge in [0.2, 0.25) is 5.91 Å². The van der Waals surface area contributed by atoms with Gasteiger partial charge in [0.25, 0.3) is 5.91 Å². The third-order valence-corrected chi connectivity index (χ3v) is 4.48. The number of Topliss-reactive ketones (excluding diaryl/α,β-unsaturated/α-hetero) is 1. The molecule has 1 heterocycles. The number of amides is 2. The Morgan fingerprint density at radius 1 is 1.10 bits per heavy atom. The van der Waals surface area contributed by atoms with Crippen molar-refractivity contribution in [3.8, 4) is 5.75 Å². The minimum Gasteiger partial charge on any atom is -0.478 e. The third kappa shape index (κ3) is 4.11. The highest BCUT2D eigenvalue weighted by atomic mass is 16.5. The predicted molar refractivity (Wildman–Crippen MR) is 106 cm³/mol. The Bertz CT molecular complexity index is 1030. The highest BCUT2D eigenvalue weighted by Gasteiger charge is 2.41. The predicted octanol–water partition coefficient (Wildman–Crippen LogP) is 2.73. The van der Waals surface area contributed by atoms with Gasteiger partial charge in [0.15, 0.2) is 11.4 Å². The second-order valence-electron chi connectivity index (χ2n) is 7.18. The number of aromatic carboxylic acids is 1. The Balaban J connectivity index is 1.89. The van der Waals surface area contributed by atoms with Crippen LogP contribution < -0.4 is 15.0 Å². The zero-order valence-corrected chi connectivity index (χ0v) is 16.2. The first kappa shape index (κ1) is 20.1. The number of hydrogen-bond acceptors (Lipinski definition) is 5. The van der Waals surface area contributed by atoms with Gasteiger partial charge in [-0.1, -0.05) is 12.1 Å². The third-order valence-electron chi connectivity index (χ3n) is 4.48. The van der Waals surface area contributed by atoms with E-state index in [9.17, 15) is 24.3 Å². The van der Waals surface area contributed by atoms with Crippen molar-refractivity contribution in [1.82, 2.24) is 0 Å². The topological polar surface area (TPSA) is 113 Å². The van der Waals surface area contributed by atoms with E-state index >= 15 is 0 Å². The van der Waals surface area contributed by atoms with Gasteiger partial charge >= 0.3 is 5.97 Å². The van der Waals surface area contributed by atoms with Crippen LogP contribution in [0.25, 0.3) is 0 Å². The molecule has 3 rings (SSSR count). The number of hydrogen-bond donors (Lipinski definition) is 2. The lowest BCUT2D eigenvalue weighted by molar-refractivity contribution is -0.133. The van der Waals surface area contributed by atoms with E-state index in [0.717, 1.165) is 0 Å². The van der Waals surface area contributed by atoms with Gasteiger partial charge in [-0.25, -0.2) is 4.79 Å². The fraction of sp³-hybridized carbons (Fsp3) is 0.238. The number of carbonyl (C=O) groups is 4. The summed E-state index contributed by atoms with van der Waals surface area (Å²) in [6.45, 7) is 4.23. The van der Waals surface area contributed by atoms with Crippen LogP contribution in [0.5, 0.6) is 5.75 Å². The molecule has 150 valence electrons. The molecule has 2 amide bonds. The minimum atomic E-state index is -1.22. The first-order valence-electron chi connectivity index (χ1n) is 8.87. The minimum absolute atomic E-state index is 0.0283. The molecule has 0 aliphatic carbocycles. The molecule has 2 aromatic carbocycles. The Morgan fingerprint density at radius 3 is 2.48 bits per heavy atom. The Kier molecular flexibility index (Phi) is 5.11. The molecule has 0 saturated heterocycles. The zero-order valence-electron chi connectivity index (χ0n) is 16.2. The summed E-state index contributed by atoms with van der Waals surface area (Å²) in [7, 11) is 0. The Morgan fingerprint density at radius 2 is 1.83 bits per heavy atom. The lowest BCUT2D eigenvalue weighted by Gasteiger charge is -2.38. The monoisotopic (exact) mass is 396 g/mol. The molecule has 8 nitrogen and oxygen atoms in total. The molecule has 0 bridgehead atoms. The number of carboxylic acids is 1. The van der Waals surface area contributed by atoms with Crippen molar-refractivity contribution in [2.75, 3.05) is 16.8 Å². The number of ether oxygens (including phenoxy) is 1. The number of benzene rings is 2. The highest BCUT2D eigenvalue weighted by Crippen LogP contribution is 2.38. The fourth-order valence-electron chi connectivity index (χ4n) is 3.02. The maximum Gasteiger partial charge on any atom is 0.335 e. The van der Waals surface area contributed by atoms with Crippen molar-refractivity contribution >= 4 is 34.9 Å². The van der Waals surface area contributed by atoms with Crippen LogP contribution in [0.2, 0.25) is 0 Å². The maximum absolute atomic E-state index is 12.9. The van der Waals surface area contributed by atoms with Crippen LogP contribution in [0, 0.1) is 0 Å². The van der Waals surface area contributed by atoms with E-state index in [4.69, 9.17) is 4.74 Å². The summed E-state index contributed by atoms with van der Waals surface area (Å²) in [5.74, 6) is -1.95. The summed E-state index contributed by atoms with van der Waals surface area (Å²) in [5, 5.41) is 11.9. The zero-order chi connectivity index (χ0) is 21.3. The average Bonchev–Trinajstić information content (AvgIpc) is 2.65. The summed E-state index contributed by atoms with van der Waals surface area (Å²) in [4.78, 5) is 49.5. The smallest absolute Gasteiger partial charge is 0.335 e. The van der Waals surface area contributed by atoms with Crippen LogP contribution >= 0.6 is 0 Å². The van der Waals surface area contributed by atoms with Crippen LogP contribution in [-0.2, 0) is 9.59 Å². The molecule has 0 radical (unpaired) electrons. The molecular formula is C21H20N2O6. The summed E-state index contributed by atoms with van der Waals surface area (Å²) >= 11 is 0. The van der Waals surface area contributed by atoms with Crippen LogP contribution in [-0.4, -0.2) is 40.8 Å². The molecule has 29 heavy (non-hydrogen) atoms. The van der Waals surface area contributed by atoms with Crippen molar-refractivity contribution in [1.29, 1.82) is 0 Å². The van der Waals surface area contributed by atoms with Gasteiger partial charge in [-0.2, -0.15) is 0 Å². The molecule has 0 atom stereocenters. The van der Waals surface area contributed by atoms with E-state index in [1.54, 1.807) is 38.1 Å². The number of rotatable bonds is 5. The van der Waals surface area contributed by atoms with Gasteiger partial charge in [-0.3, -0.25) is 19.3 Å². The van der Waals surface area contributed by atoms with E-state index < -0.39 is 23.4 Å². The van der Waals surface area contributed by atoms with Crippen molar-refractivity contribution < 1.29 is 29.0 Å². The van der Waals surface area contributed by atoms with E-state index in [2.05, 4.69) is 5.32 Å². The van der Waals surface area contributed by atoms with Gasteiger partial charge in [0.05, 0.1) is 11.3 Å². The van der Waals surface area contributed by atoms with Gasteiger partial charge in [-0.05, 0) is 51.1 Å². The molecule has 0 saturated carbocycles. The standard InChI is InChI=1S/C21H20N2O6/c1-12(24)13-5-4-6-15(9-13)22-18(25)11-23-16-10-14(19(26)27)7-8-17(16)29-21(2,3)20(23)28/h4-10H,11H2,1-3H3,(H,22,25)(H,26,27). The van der Waals surface area contributed by atoms with Crippen molar-refractivity contribution in [3.63, 3.8) is 0 Å². The quantitative estimate of drug-likeness (QED) is 0.752. The second kappa shape index (κ2) is 7.38. The maximum atomic E-state index is 12.9. The van der Waals surface area contributed by atoms with E-state index in [1.165, 1.54) is 30.0 Å². The molecule has 1 aliphatic heterocycles. The van der Waals surface area contributed by atoms with Gasteiger partial charge < -0.3 is 15.2 Å². The Labute approximate surface area is 167 Å². The number of carboxylic acid groups (broad SMARTS) is 1. The van der Waals surface area contributed by atoms with Crippen LogP contribution in [0.15, 0.2) is 42.5 Å². The summed E-state index contributed by atoms with van der Waals surface area (Å²) in [6, 6.07) is 10.6. The first-order chi connectivity index (χ1) is 13.6. The van der Waals surface area contributed by atoms with Gasteiger partial charge in [-0.15, -0.1) is 0 Å². The molecule has 0 aromatic heterocycles. The lowest BCUT2D eigenvalue weighted by Crippen LogP contribution is -2.54. The van der Waals surface area contributed by atoms with Gasteiger partial charge in [0, 0.05) is 11.3 Å². The number of nitrogens with one attached hydrogen (secondary N) is 1. The molecule has 2 N–H and O–H groups in total. The van der Waals surface area contributed by atoms with E-state index in [-0.39, 0.29) is 23.6 Å². The van der Waals surface area contributed by atoms with Gasteiger partial charge in [0.1, 0.15) is 12.3 Å². The average molecular weight is 396 g/mol. The fourth-order valence-corrected chi connectivity index (χ4v) is 3.02. The second-order valence-corrected chi connectivity index (χ2v) is 7.18. The largest absolute Gasteiger partial charge is 0.478 e. The normalized spacial score (nSPS) is 14.6. The van der Waals surface area contributed by atoms with Crippen LogP contribution in [0.1, 0.15) is 41.5 Å². The van der Waals surface area contributed by atoms with Crippen molar-refractivity contribution in [2.45, 2.75) is 26.4 Å². The molecular weight excluding hydrogens is 376 g/mol. The highest BCUT2D eigenvalue weighted by molar-refractivity contribution is 6.08. The Hall–Kier alpha value is -3.68. The summed E-state index contributed by atoms with van der Waals surface area (Å²) in [5.41, 5.74) is -0.168. The first-order valence-corrected chi connectivity index (χ1v) is 8.87. The number of nitrogens with zero attached hydrogens (tertiary/aromatic N) is 1. The summed E-state index contributed by atoms with van der Waals surface area (Å²) in [6.07, 6.45) is 0. The number of fused-ring (bicyclic) bond motifs is 1. The lowest BCUT2D eigenvalue weighted by atomic mass is 10.0. The van der Waals surface area contributed by atoms with Crippen molar-refractivity contribution in [2.24, 2.45) is 0 Å². The van der Waals surface area contributed by atoms with Crippen LogP contribution in [0.3, 0.4) is 0 Å². The molecule has 0 fully saturated rings.